The third-order valence-electron chi connectivity index (χ3n) is 4.18. The molecule has 4 atom stereocenters. The quantitative estimate of drug-likeness (QED) is 0.320. The molecule has 0 unspecified atom stereocenters. The molecular formula is C15H23N5O5. The smallest absolute Gasteiger partial charge is 0.327 e. The van der Waals surface area contributed by atoms with Crippen molar-refractivity contribution in [3.8, 4) is 0 Å². The van der Waals surface area contributed by atoms with Crippen LogP contribution in [0.3, 0.4) is 0 Å². The van der Waals surface area contributed by atoms with E-state index >= 15 is 0 Å². The molecule has 1 amide bonds. The summed E-state index contributed by atoms with van der Waals surface area (Å²) in [6.07, 6.45) is 4.56. The van der Waals surface area contributed by atoms with E-state index in [9.17, 15) is 24.6 Å². The fraction of sp³-hybridized carbons (Fsp3) is 0.600. The highest BCUT2D eigenvalue weighted by atomic mass is 16.4. The maximum absolute atomic E-state index is 12.1. The number of rotatable bonds is 9. The Labute approximate surface area is 144 Å². The number of nitrogens with zero attached hydrogens (tertiary/aromatic N) is 1. The maximum atomic E-state index is 12.1. The molecule has 1 aromatic heterocycles. The standard InChI is InChI=1S/C15H23N5O5/c1-8(19-11(14(22)23)5-9-6-16-7-18-9)12(15(24)25)20-13(21)10-3-2-4-17-10/h6-8,10-12,17,19H,2-5H2,1H3,(H,16,18)(H,20,21)(H,22,23)(H,24,25)/t8-,10+,11+,12+/m1/s1. The van der Waals surface area contributed by atoms with Gasteiger partial charge in [-0.1, -0.05) is 0 Å². The van der Waals surface area contributed by atoms with Crippen molar-refractivity contribution in [1.82, 2.24) is 25.9 Å². The third kappa shape index (κ3) is 5.26. The van der Waals surface area contributed by atoms with Gasteiger partial charge >= 0.3 is 11.9 Å². The first-order valence-electron chi connectivity index (χ1n) is 8.11. The van der Waals surface area contributed by atoms with Crippen LogP contribution in [0.4, 0.5) is 0 Å². The van der Waals surface area contributed by atoms with Crippen LogP contribution in [0, 0.1) is 0 Å². The number of aromatic amines is 1. The van der Waals surface area contributed by atoms with Gasteiger partial charge in [-0.2, -0.15) is 0 Å². The molecule has 0 saturated carbocycles. The highest BCUT2D eigenvalue weighted by Crippen LogP contribution is 2.07. The number of hydrogen-bond acceptors (Lipinski definition) is 6. The molecule has 1 aliphatic heterocycles. The number of carboxylic acids is 2. The van der Waals surface area contributed by atoms with Crippen molar-refractivity contribution >= 4 is 17.8 Å². The summed E-state index contributed by atoms with van der Waals surface area (Å²) in [7, 11) is 0. The predicted octanol–water partition coefficient (Wildman–Crippen LogP) is -1.30. The largest absolute Gasteiger partial charge is 0.480 e. The summed E-state index contributed by atoms with van der Waals surface area (Å²) >= 11 is 0. The van der Waals surface area contributed by atoms with Crippen molar-refractivity contribution in [2.45, 2.75) is 50.4 Å². The van der Waals surface area contributed by atoms with Gasteiger partial charge in [0.2, 0.25) is 5.91 Å². The summed E-state index contributed by atoms with van der Waals surface area (Å²) in [6.45, 7) is 2.25. The molecule has 0 bridgehead atoms. The molecule has 0 aromatic carbocycles. The summed E-state index contributed by atoms with van der Waals surface area (Å²) in [5, 5.41) is 27.0. The van der Waals surface area contributed by atoms with E-state index < -0.39 is 36.1 Å². The minimum atomic E-state index is -1.24. The minimum absolute atomic E-state index is 0.115. The van der Waals surface area contributed by atoms with E-state index in [1.807, 2.05) is 0 Å². The SMILES string of the molecule is C[C@@H](N[C@@H](Cc1cnc[nH]1)C(=O)O)[C@H](NC(=O)[C@@H]1CCCN1)C(=O)O. The van der Waals surface area contributed by atoms with Crippen molar-refractivity contribution in [2.75, 3.05) is 6.54 Å². The highest BCUT2D eigenvalue weighted by Gasteiger charge is 2.33. The van der Waals surface area contributed by atoms with E-state index in [4.69, 9.17) is 0 Å². The van der Waals surface area contributed by atoms with Gasteiger partial charge in [0.1, 0.15) is 12.1 Å². The number of carbonyl (C=O) groups is 3. The van der Waals surface area contributed by atoms with Gasteiger partial charge in [-0.05, 0) is 26.3 Å². The summed E-state index contributed by atoms with van der Waals surface area (Å²) in [5.41, 5.74) is 0.609. The van der Waals surface area contributed by atoms with E-state index in [0.717, 1.165) is 13.0 Å². The van der Waals surface area contributed by atoms with Crippen LogP contribution in [0.2, 0.25) is 0 Å². The third-order valence-corrected chi connectivity index (χ3v) is 4.18. The molecule has 10 nitrogen and oxygen atoms in total. The van der Waals surface area contributed by atoms with Crippen LogP contribution in [0.25, 0.3) is 0 Å². The zero-order chi connectivity index (χ0) is 18.4. The van der Waals surface area contributed by atoms with Crippen LogP contribution in [-0.2, 0) is 20.8 Å². The molecule has 138 valence electrons. The molecule has 10 heteroatoms. The van der Waals surface area contributed by atoms with Crippen LogP contribution in [0.5, 0.6) is 0 Å². The average molecular weight is 353 g/mol. The Morgan fingerprint density at radius 1 is 1.36 bits per heavy atom. The maximum Gasteiger partial charge on any atom is 0.327 e. The average Bonchev–Trinajstić information content (AvgIpc) is 3.24. The lowest BCUT2D eigenvalue weighted by molar-refractivity contribution is -0.144. The number of H-pyrrole nitrogens is 1. The number of amides is 1. The van der Waals surface area contributed by atoms with Crippen molar-refractivity contribution in [1.29, 1.82) is 0 Å². The summed E-state index contributed by atoms with van der Waals surface area (Å²) < 4.78 is 0. The van der Waals surface area contributed by atoms with Crippen LogP contribution in [0.1, 0.15) is 25.5 Å². The number of aromatic nitrogens is 2. The molecule has 0 spiro atoms. The van der Waals surface area contributed by atoms with Gasteiger partial charge in [0, 0.05) is 24.4 Å². The van der Waals surface area contributed by atoms with Crippen molar-refractivity contribution < 1.29 is 24.6 Å². The van der Waals surface area contributed by atoms with E-state index in [1.54, 1.807) is 0 Å². The molecular weight excluding hydrogens is 330 g/mol. The topological polar surface area (TPSA) is 156 Å². The van der Waals surface area contributed by atoms with Crippen molar-refractivity contribution in [3.05, 3.63) is 18.2 Å². The number of hydrogen-bond donors (Lipinski definition) is 6. The molecule has 6 N–H and O–H groups in total. The van der Waals surface area contributed by atoms with Crippen molar-refractivity contribution in [3.63, 3.8) is 0 Å². The second kappa shape index (κ2) is 8.58. The molecule has 1 aliphatic rings. The normalized spacial score (nSPS) is 20.6. The Morgan fingerprint density at radius 3 is 2.64 bits per heavy atom. The Kier molecular flexibility index (Phi) is 6.48. The summed E-state index contributed by atoms with van der Waals surface area (Å²) in [5.74, 6) is -2.73. The fourth-order valence-corrected chi connectivity index (χ4v) is 2.81. The van der Waals surface area contributed by atoms with Crippen LogP contribution in [0.15, 0.2) is 12.5 Å². The van der Waals surface area contributed by atoms with E-state index in [0.29, 0.717) is 12.1 Å². The van der Waals surface area contributed by atoms with Gasteiger partial charge < -0.3 is 25.8 Å². The second-order valence-electron chi connectivity index (χ2n) is 6.10. The second-order valence-corrected chi connectivity index (χ2v) is 6.10. The van der Waals surface area contributed by atoms with E-state index in [-0.39, 0.29) is 12.3 Å². The number of aliphatic carboxylic acids is 2. The molecule has 2 heterocycles. The number of carboxylic acid groups (broad SMARTS) is 2. The first kappa shape index (κ1) is 18.9. The Bertz CT molecular complexity index is 599. The number of imidazole rings is 1. The van der Waals surface area contributed by atoms with Crippen LogP contribution < -0.4 is 16.0 Å². The lowest BCUT2D eigenvalue weighted by atomic mass is 10.1. The van der Waals surface area contributed by atoms with E-state index in [1.165, 1.54) is 19.4 Å². The first-order chi connectivity index (χ1) is 11.9. The first-order valence-corrected chi connectivity index (χ1v) is 8.11. The Balaban J connectivity index is 1.99. The number of carbonyl (C=O) groups excluding carboxylic acids is 1. The predicted molar refractivity (Wildman–Crippen MR) is 86.9 cm³/mol. The summed E-state index contributed by atoms with van der Waals surface area (Å²) in [4.78, 5) is 41.7. The molecule has 1 fully saturated rings. The zero-order valence-corrected chi connectivity index (χ0v) is 13.9. The van der Waals surface area contributed by atoms with Gasteiger partial charge in [-0.25, -0.2) is 9.78 Å². The van der Waals surface area contributed by atoms with Gasteiger partial charge in [-0.15, -0.1) is 0 Å². The summed E-state index contributed by atoms with van der Waals surface area (Å²) in [6, 6.07) is -3.45. The lowest BCUT2D eigenvalue weighted by Crippen LogP contribution is -2.59. The van der Waals surface area contributed by atoms with Crippen LogP contribution >= 0.6 is 0 Å². The number of nitrogens with one attached hydrogen (secondary N) is 4. The highest BCUT2D eigenvalue weighted by molar-refractivity contribution is 5.87. The van der Waals surface area contributed by atoms with Gasteiger partial charge in [0.25, 0.3) is 0 Å². The fourth-order valence-electron chi connectivity index (χ4n) is 2.81. The molecule has 0 radical (unpaired) electrons. The monoisotopic (exact) mass is 353 g/mol. The van der Waals surface area contributed by atoms with Crippen molar-refractivity contribution in [2.24, 2.45) is 0 Å². The Morgan fingerprint density at radius 2 is 2.12 bits per heavy atom. The molecule has 0 aliphatic carbocycles. The molecule has 1 aromatic rings. The van der Waals surface area contributed by atoms with Crippen LogP contribution in [-0.4, -0.2) is 68.7 Å². The molecule has 1 saturated heterocycles. The lowest BCUT2D eigenvalue weighted by Gasteiger charge is -2.26. The van der Waals surface area contributed by atoms with Gasteiger partial charge in [0.05, 0.1) is 12.4 Å². The molecule has 25 heavy (non-hydrogen) atoms. The van der Waals surface area contributed by atoms with Gasteiger partial charge in [0.15, 0.2) is 0 Å². The Hall–Kier alpha value is -2.46. The van der Waals surface area contributed by atoms with E-state index in [2.05, 4.69) is 25.9 Å². The molecule has 2 rings (SSSR count). The minimum Gasteiger partial charge on any atom is -0.480 e. The zero-order valence-electron chi connectivity index (χ0n) is 13.9. The van der Waals surface area contributed by atoms with Gasteiger partial charge in [-0.3, -0.25) is 14.9 Å².